The third kappa shape index (κ3) is 35.8. The summed E-state index contributed by atoms with van der Waals surface area (Å²) in [7, 11) is 1.46. The van der Waals surface area contributed by atoms with E-state index in [1.807, 2.05) is 21.1 Å². The molecule has 1 N–H and O–H groups in total. The maximum atomic E-state index is 12.5. The lowest BCUT2D eigenvalue weighted by molar-refractivity contribution is -0.870. The van der Waals surface area contributed by atoms with Crippen molar-refractivity contribution in [3.05, 3.63) is 36.5 Å². The summed E-state index contributed by atoms with van der Waals surface area (Å²) in [6.07, 6.45) is 33.4. The molecule has 0 aliphatic carbocycles. The SMILES string of the molecule is CCCCC/C=C/C/C=C/C/C=C/CCCCCCC(=O)OC[C@@H](COP(=O)(O)OCC[N+](C)(C)C)OC(=O)CCCCCCCCCC. The number of ether oxygens (including phenoxy) is 2. The summed E-state index contributed by atoms with van der Waals surface area (Å²) < 4.78 is 34.0. The van der Waals surface area contributed by atoms with Crippen LogP contribution in [0.1, 0.15) is 149 Å². The molecule has 0 aliphatic heterocycles. The molecule has 0 saturated carbocycles. The van der Waals surface area contributed by atoms with Crippen LogP contribution in [0.3, 0.4) is 0 Å². The van der Waals surface area contributed by atoms with Crippen LogP contribution >= 0.6 is 7.82 Å². The number of quaternary nitrogens is 1. The van der Waals surface area contributed by atoms with Gasteiger partial charge in [-0.3, -0.25) is 18.6 Å². The normalized spacial score (nSPS) is 14.2. The molecule has 0 aliphatic rings. The van der Waals surface area contributed by atoms with Gasteiger partial charge in [0.25, 0.3) is 0 Å². The van der Waals surface area contributed by atoms with E-state index in [0.717, 1.165) is 57.8 Å². The molecule has 9 nitrogen and oxygen atoms in total. The maximum absolute atomic E-state index is 12.5. The van der Waals surface area contributed by atoms with Gasteiger partial charge in [-0.15, -0.1) is 0 Å². The zero-order valence-electron chi connectivity index (χ0n) is 31.9. The maximum Gasteiger partial charge on any atom is 0.472 e. The lowest BCUT2D eigenvalue weighted by Gasteiger charge is -2.24. The number of phosphoric acid groups is 1. The predicted octanol–water partition coefficient (Wildman–Crippen LogP) is 10.2. The number of esters is 2. The van der Waals surface area contributed by atoms with Gasteiger partial charge in [0.15, 0.2) is 6.10 Å². The summed E-state index contributed by atoms with van der Waals surface area (Å²) in [4.78, 5) is 35.1. The first-order valence-corrected chi connectivity index (χ1v) is 20.7. The molecule has 0 heterocycles. The average molecular weight is 715 g/mol. The van der Waals surface area contributed by atoms with E-state index in [1.54, 1.807) is 0 Å². The minimum absolute atomic E-state index is 0.0279. The smallest absolute Gasteiger partial charge is 0.462 e. The number of carbonyl (C=O) groups excluding carboxylic acids is 2. The summed E-state index contributed by atoms with van der Waals surface area (Å²) in [5.74, 6) is -0.831. The van der Waals surface area contributed by atoms with Crippen LogP contribution < -0.4 is 0 Å². The summed E-state index contributed by atoms with van der Waals surface area (Å²) >= 11 is 0. The van der Waals surface area contributed by atoms with Gasteiger partial charge in [0.1, 0.15) is 19.8 Å². The third-order valence-electron chi connectivity index (χ3n) is 7.92. The highest BCUT2D eigenvalue weighted by atomic mass is 31.2. The third-order valence-corrected chi connectivity index (χ3v) is 8.91. The number of phosphoric ester groups is 1. The van der Waals surface area contributed by atoms with Gasteiger partial charge in [0, 0.05) is 12.8 Å². The minimum Gasteiger partial charge on any atom is -0.462 e. The quantitative estimate of drug-likeness (QED) is 0.0231. The van der Waals surface area contributed by atoms with Crippen molar-refractivity contribution in [3.63, 3.8) is 0 Å². The van der Waals surface area contributed by atoms with Gasteiger partial charge in [-0.05, 0) is 51.4 Å². The molecule has 0 aromatic rings. The van der Waals surface area contributed by atoms with Crippen LogP contribution in [0, 0.1) is 0 Å². The molecule has 286 valence electrons. The van der Waals surface area contributed by atoms with Crippen LogP contribution in [0.25, 0.3) is 0 Å². The van der Waals surface area contributed by atoms with Gasteiger partial charge < -0.3 is 18.9 Å². The molecular formula is C39H73NO8P+. The van der Waals surface area contributed by atoms with Crippen LogP contribution in [0.2, 0.25) is 0 Å². The molecule has 49 heavy (non-hydrogen) atoms. The second-order valence-corrected chi connectivity index (χ2v) is 15.4. The van der Waals surface area contributed by atoms with Gasteiger partial charge in [-0.25, -0.2) is 4.57 Å². The van der Waals surface area contributed by atoms with Crippen LogP contribution in [0.5, 0.6) is 0 Å². The molecule has 1 unspecified atom stereocenters. The fourth-order valence-electron chi connectivity index (χ4n) is 4.84. The molecule has 0 aromatic heterocycles. The lowest BCUT2D eigenvalue weighted by atomic mass is 10.1. The van der Waals surface area contributed by atoms with E-state index in [2.05, 4.69) is 50.3 Å². The fraction of sp³-hybridized carbons (Fsp3) is 0.795. The van der Waals surface area contributed by atoms with E-state index in [1.165, 1.54) is 51.4 Å². The van der Waals surface area contributed by atoms with Crippen molar-refractivity contribution >= 4 is 19.8 Å². The Balaban J connectivity index is 4.40. The van der Waals surface area contributed by atoms with Crippen molar-refractivity contribution in [1.29, 1.82) is 0 Å². The van der Waals surface area contributed by atoms with E-state index >= 15 is 0 Å². The molecule has 0 saturated heterocycles. The summed E-state index contributed by atoms with van der Waals surface area (Å²) in [6.45, 7) is 4.31. The molecular weight excluding hydrogens is 641 g/mol. The van der Waals surface area contributed by atoms with Crippen LogP contribution in [-0.4, -0.2) is 74.9 Å². The Bertz CT molecular complexity index is 944. The summed E-state index contributed by atoms with van der Waals surface area (Å²) in [6, 6.07) is 0. The van der Waals surface area contributed by atoms with Crippen molar-refractivity contribution < 1.29 is 42.1 Å². The number of allylic oxidation sites excluding steroid dienone is 6. The molecule has 0 bridgehead atoms. The van der Waals surface area contributed by atoms with Gasteiger partial charge in [0.05, 0.1) is 27.7 Å². The van der Waals surface area contributed by atoms with E-state index < -0.39 is 32.5 Å². The summed E-state index contributed by atoms with van der Waals surface area (Å²) in [5.41, 5.74) is 0. The van der Waals surface area contributed by atoms with Gasteiger partial charge in [-0.2, -0.15) is 0 Å². The van der Waals surface area contributed by atoms with E-state index in [0.29, 0.717) is 23.9 Å². The summed E-state index contributed by atoms with van der Waals surface area (Å²) in [5, 5.41) is 0. The average Bonchev–Trinajstić information content (AvgIpc) is 3.04. The number of hydrogen-bond acceptors (Lipinski definition) is 7. The number of carbonyl (C=O) groups is 2. The Morgan fingerprint density at radius 3 is 1.67 bits per heavy atom. The Morgan fingerprint density at radius 1 is 0.633 bits per heavy atom. The van der Waals surface area contributed by atoms with Gasteiger partial charge >= 0.3 is 19.8 Å². The molecule has 0 fully saturated rings. The first kappa shape index (κ1) is 47.2. The molecule has 0 amide bonds. The Labute approximate surface area is 300 Å². The molecule has 10 heteroatoms. The van der Waals surface area contributed by atoms with Crippen molar-refractivity contribution in [2.24, 2.45) is 0 Å². The fourth-order valence-corrected chi connectivity index (χ4v) is 5.58. The van der Waals surface area contributed by atoms with Crippen LogP contribution in [-0.2, 0) is 32.7 Å². The number of hydrogen-bond donors (Lipinski definition) is 1. The largest absolute Gasteiger partial charge is 0.472 e. The minimum atomic E-state index is -4.37. The van der Waals surface area contributed by atoms with Crippen molar-refractivity contribution in [1.82, 2.24) is 0 Å². The zero-order chi connectivity index (χ0) is 36.5. The highest BCUT2D eigenvalue weighted by Crippen LogP contribution is 2.43. The van der Waals surface area contributed by atoms with Crippen molar-refractivity contribution in [2.45, 2.75) is 155 Å². The van der Waals surface area contributed by atoms with Crippen LogP contribution in [0.15, 0.2) is 36.5 Å². The standard InChI is InChI=1S/C39H72NO8P/c1-6-8-10-12-14-16-17-18-19-20-21-22-23-24-26-27-29-31-38(41)45-35-37(36-47-49(43,44)46-34-33-40(3,4)5)48-39(42)32-30-28-25-15-13-11-9-7-2/h14,16,18-19,21-22,37H,6-13,15,17,20,23-36H2,1-5H3/p+1/b16-14+,19-18+,22-21+/t37-/m0/s1. The zero-order valence-corrected chi connectivity index (χ0v) is 32.8. The van der Waals surface area contributed by atoms with Gasteiger partial charge in [0.2, 0.25) is 0 Å². The first-order valence-electron chi connectivity index (χ1n) is 19.2. The van der Waals surface area contributed by atoms with E-state index in [4.69, 9.17) is 18.5 Å². The number of rotatable bonds is 34. The topological polar surface area (TPSA) is 108 Å². The monoisotopic (exact) mass is 715 g/mol. The Hall–Kier alpha value is -1.77. The molecule has 0 spiro atoms. The Morgan fingerprint density at radius 2 is 1.10 bits per heavy atom. The lowest BCUT2D eigenvalue weighted by Crippen LogP contribution is -2.37. The highest BCUT2D eigenvalue weighted by Gasteiger charge is 2.27. The van der Waals surface area contributed by atoms with E-state index in [-0.39, 0.29) is 26.1 Å². The Kier molecular flexibility index (Phi) is 31.0. The van der Waals surface area contributed by atoms with Crippen LogP contribution in [0.4, 0.5) is 0 Å². The molecule has 2 atom stereocenters. The number of unbranched alkanes of at least 4 members (excludes halogenated alkanes) is 14. The first-order chi connectivity index (χ1) is 23.5. The van der Waals surface area contributed by atoms with Gasteiger partial charge in [-0.1, -0.05) is 121 Å². The van der Waals surface area contributed by atoms with E-state index in [9.17, 15) is 19.0 Å². The van der Waals surface area contributed by atoms with Crippen molar-refractivity contribution in [3.8, 4) is 0 Å². The number of nitrogens with zero attached hydrogens (tertiary/aromatic N) is 1. The van der Waals surface area contributed by atoms with Crippen molar-refractivity contribution in [2.75, 3.05) is 47.5 Å². The molecule has 0 rings (SSSR count). The molecule has 0 radical (unpaired) electrons. The highest BCUT2D eigenvalue weighted by molar-refractivity contribution is 7.47. The second kappa shape index (κ2) is 32.2. The number of likely N-dealkylation sites (N-methyl/N-ethyl adjacent to an activating group) is 1. The molecule has 0 aromatic carbocycles. The predicted molar refractivity (Wildman–Crippen MR) is 201 cm³/mol. The second-order valence-electron chi connectivity index (χ2n) is 14.0.